The molecule has 0 bridgehead atoms. The number of halogens is 4. The number of alkyl halides is 3. The molecule has 1 N–H and O–H groups in total. The van der Waals surface area contributed by atoms with E-state index >= 15 is 0 Å². The third-order valence-electron chi connectivity index (χ3n) is 4.90. The molecule has 0 spiro atoms. The fraction of sp³-hybridized carbons (Fsp3) is 0.136. The van der Waals surface area contributed by atoms with Gasteiger partial charge in [0.1, 0.15) is 0 Å². The van der Waals surface area contributed by atoms with E-state index < -0.39 is 28.7 Å². The van der Waals surface area contributed by atoms with Crippen LogP contribution < -0.4 is 4.31 Å². The molecular weight excluding hydrogens is 493 g/mol. The van der Waals surface area contributed by atoms with Crippen LogP contribution in [0.4, 0.5) is 19.0 Å². The van der Waals surface area contributed by atoms with Crippen LogP contribution in [0, 0.1) is 0 Å². The highest BCUT2D eigenvalue weighted by Crippen LogP contribution is 2.35. The quantitative estimate of drug-likeness (QED) is 0.393. The van der Waals surface area contributed by atoms with Gasteiger partial charge in [-0.25, -0.2) is 14.0 Å². The molecule has 34 heavy (non-hydrogen) atoms. The fourth-order valence-corrected chi connectivity index (χ4v) is 4.78. The third-order valence-corrected chi connectivity index (χ3v) is 6.56. The molecule has 176 valence electrons. The third kappa shape index (κ3) is 4.90. The first-order chi connectivity index (χ1) is 16.0. The SMILES string of the molecule is Cn1cc2ccc(CN(c3ncc(C(F)(F)F)cc3Cl)S(=O)c3ccc(C(=O)O)cc3)cc2n1. The van der Waals surface area contributed by atoms with E-state index in [0.717, 1.165) is 11.5 Å². The average Bonchev–Trinajstić information content (AvgIpc) is 3.16. The van der Waals surface area contributed by atoms with E-state index in [9.17, 15) is 22.2 Å². The number of hydrogen-bond donors (Lipinski definition) is 1. The highest BCUT2D eigenvalue weighted by Gasteiger charge is 2.32. The highest BCUT2D eigenvalue weighted by molar-refractivity contribution is 7.86. The number of carbonyl (C=O) groups is 1. The van der Waals surface area contributed by atoms with Gasteiger partial charge in [-0.2, -0.15) is 18.3 Å². The first-order valence-electron chi connectivity index (χ1n) is 9.71. The molecule has 0 aliphatic heterocycles. The standard InChI is InChI=1S/C22H16ClF3N4O3S/c1-29-12-15-3-2-13(8-19(15)28-29)11-30(20-18(23)9-16(10-27-20)22(24,25)26)34(33)17-6-4-14(5-7-17)21(31)32/h2-10,12H,11H2,1H3,(H,31,32). The van der Waals surface area contributed by atoms with Crippen LogP contribution in [0.15, 0.2) is 65.8 Å². The van der Waals surface area contributed by atoms with Gasteiger partial charge in [0.2, 0.25) is 0 Å². The van der Waals surface area contributed by atoms with Gasteiger partial charge in [-0.05, 0) is 42.0 Å². The van der Waals surface area contributed by atoms with E-state index in [0.29, 0.717) is 17.3 Å². The Hall–Kier alpha value is -3.44. The van der Waals surface area contributed by atoms with Crippen LogP contribution in [-0.4, -0.2) is 30.0 Å². The van der Waals surface area contributed by atoms with Gasteiger partial charge in [0.05, 0.1) is 33.1 Å². The number of aryl methyl sites for hydroxylation is 1. The van der Waals surface area contributed by atoms with E-state index in [1.54, 1.807) is 23.9 Å². The lowest BCUT2D eigenvalue weighted by Crippen LogP contribution is -2.27. The zero-order valence-corrected chi connectivity index (χ0v) is 19.0. The van der Waals surface area contributed by atoms with Crippen molar-refractivity contribution in [1.82, 2.24) is 14.8 Å². The summed E-state index contributed by atoms with van der Waals surface area (Å²) in [5, 5.41) is 14.0. The number of hydrogen-bond acceptors (Lipinski definition) is 4. The zero-order valence-electron chi connectivity index (χ0n) is 17.5. The monoisotopic (exact) mass is 508 g/mol. The summed E-state index contributed by atoms with van der Waals surface area (Å²) in [6.07, 6.45) is -2.19. The number of benzene rings is 2. The van der Waals surface area contributed by atoms with Gasteiger partial charge >= 0.3 is 12.1 Å². The van der Waals surface area contributed by atoms with Crippen molar-refractivity contribution in [3.05, 3.63) is 82.6 Å². The predicted molar refractivity (Wildman–Crippen MR) is 121 cm³/mol. The molecule has 2 aromatic heterocycles. The molecule has 4 rings (SSSR count). The summed E-state index contributed by atoms with van der Waals surface area (Å²) in [6.45, 7) is -0.0160. The smallest absolute Gasteiger partial charge is 0.417 e. The molecule has 2 heterocycles. The lowest BCUT2D eigenvalue weighted by molar-refractivity contribution is -0.137. The normalized spacial score (nSPS) is 12.6. The van der Waals surface area contributed by atoms with Crippen molar-refractivity contribution in [2.24, 2.45) is 7.05 Å². The Morgan fingerprint density at radius 2 is 1.88 bits per heavy atom. The van der Waals surface area contributed by atoms with Crippen molar-refractivity contribution in [2.45, 2.75) is 17.6 Å². The number of fused-ring (bicyclic) bond motifs is 1. The Kier molecular flexibility index (Phi) is 6.32. The Morgan fingerprint density at radius 1 is 1.18 bits per heavy atom. The molecular formula is C22H16ClF3N4O3S. The minimum absolute atomic E-state index is 0.00130. The minimum Gasteiger partial charge on any atom is -0.478 e. The topological polar surface area (TPSA) is 88.3 Å². The molecule has 0 saturated heterocycles. The number of aromatic nitrogens is 3. The van der Waals surface area contributed by atoms with Crippen LogP contribution in [-0.2, 0) is 30.8 Å². The summed E-state index contributed by atoms with van der Waals surface area (Å²) in [5.74, 6) is -1.26. The first kappa shape index (κ1) is 23.7. The van der Waals surface area contributed by atoms with Gasteiger partial charge in [-0.15, -0.1) is 0 Å². The number of carboxylic acid groups (broad SMARTS) is 1. The van der Waals surface area contributed by atoms with Crippen LogP contribution in [0.3, 0.4) is 0 Å². The molecule has 0 amide bonds. The second-order valence-electron chi connectivity index (χ2n) is 7.34. The van der Waals surface area contributed by atoms with Gasteiger partial charge in [0, 0.05) is 24.8 Å². The fourth-order valence-electron chi connectivity index (χ4n) is 3.27. The molecule has 0 fully saturated rings. The summed E-state index contributed by atoms with van der Waals surface area (Å²) in [5.41, 5.74) is 0.314. The Bertz CT molecular complexity index is 1410. The minimum atomic E-state index is -4.64. The second-order valence-corrected chi connectivity index (χ2v) is 9.16. The molecule has 4 aromatic rings. The highest BCUT2D eigenvalue weighted by atomic mass is 35.5. The summed E-state index contributed by atoms with van der Waals surface area (Å²) in [4.78, 5) is 15.2. The lowest BCUT2D eigenvalue weighted by atomic mass is 10.1. The lowest BCUT2D eigenvalue weighted by Gasteiger charge is -2.24. The molecule has 1 atom stereocenters. The van der Waals surface area contributed by atoms with Crippen molar-refractivity contribution in [1.29, 1.82) is 0 Å². The van der Waals surface area contributed by atoms with Crippen molar-refractivity contribution in [2.75, 3.05) is 4.31 Å². The van der Waals surface area contributed by atoms with Gasteiger partial charge in [-0.3, -0.25) is 8.99 Å². The Balaban J connectivity index is 1.76. The summed E-state index contributed by atoms with van der Waals surface area (Å²) in [7, 11) is -0.203. The number of rotatable bonds is 6. The summed E-state index contributed by atoms with van der Waals surface area (Å²) < 4.78 is 55.7. The molecule has 1 unspecified atom stereocenters. The maximum Gasteiger partial charge on any atom is 0.417 e. The van der Waals surface area contributed by atoms with Crippen LogP contribution >= 0.6 is 11.6 Å². The van der Waals surface area contributed by atoms with Crippen LogP contribution in [0.1, 0.15) is 21.5 Å². The van der Waals surface area contributed by atoms with Crippen molar-refractivity contribution >= 4 is 45.3 Å². The van der Waals surface area contributed by atoms with E-state index in [4.69, 9.17) is 16.7 Å². The van der Waals surface area contributed by atoms with E-state index in [1.165, 1.54) is 28.6 Å². The van der Waals surface area contributed by atoms with Crippen LogP contribution in [0.5, 0.6) is 0 Å². The molecule has 0 saturated carbocycles. The number of pyridine rings is 1. The number of nitrogens with zero attached hydrogens (tertiary/aromatic N) is 4. The van der Waals surface area contributed by atoms with Gasteiger partial charge in [0.25, 0.3) is 0 Å². The molecule has 0 radical (unpaired) electrons. The molecule has 0 aliphatic rings. The molecule has 0 aliphatic carbocycles. The van der Waals surface area contributed by atoms with Crippen LogP contribution in [0.2, 0.25) is 5.02 Å². The van der Waals surface area contributed by atoms with Crippen molar-refractivity contribution in [3.8, 4) is 0 Å². The molecule has 7 nitrogen and oxygen atoms in total. The molecule has 12 heteroatoms. The first-order valence-corrected chi connectivity index (χ1v) is 11.2. The summed E-state index contributed by atoms with van der Waals surface area (Å²) >= 11 is 6.16. The van der Waals surface area contributed by atoms with Crippen LogP contribution in [0.25, 0.3) is 10.9 Å². The maximum absolute atomic E-state index is 13.5. The maximum atomic E-state index is 13.5. The number of carboxylic acids is 1. The largest absolute Gasteiger partial charge is 0.478 e. The van der Waals surface area contributed by atoms with E-state index in [2.05, 4.69) is 10.1 Å². The van der Waals surface area contributed by atoms with Crippen molar-refractivity contribution < 1.29 is 27.3 Å². The van der Waals surface area contributed by atoms with E-state index in [-0.39, 0.29) is 27.8 Å². The predicted octanol–water partition coefficient (Wildman–Crippen LogP) is 5.07. The Morgan fingerprint density at radius 3 is 2.50 bits per heavy atom. The summed E-state index contributed by atoms with van der Waals surface area (Å²) in [6, 6.07) is 11.4. The van der Waals surface area contributed by atoms with Gasteiger partial charge < -0.3 is 5.11 Å². The number of aromatic carboxylic acids is 1. The molecule has 2 aromatic carbocycles. The van der Waals surface area contributed by atoms with Crippen molar-refractivity contribution in [3.63, 3.8) is 0 Å². The second kappa shape index (κ2) is 9.07. The number of anilines is 1. The zero-order chi connectivity index (χ0) is 24.6. The van der Waals surface area contributed by atoms with Gasteiger partial charge in [-0.1, -0.05) is 23.7 Å². The van der Waals surface area contributed by atoms with E-state index in [1.807, 2.05) is 12.3 Å². The Labute approximate surface area is 199 Å². The average molecular weight is 509 g/mol. The van der Waals surface area contributed by atoms with Gasteiger partial charge in [0.15, 0.2) is 16.8 Å².